The Morgan fingerprint density at radius 3 is 2.74 bits per heavy atom. The maximum atomic E-state index is 13.9. The van der Waals surface area contributed by atoms with E-state index in [-0.39, 0.29) is 11.5 Å². The number of fused-ring (bicyclic) bond motifs is 1. The summed E-state index contributed by atoms with van der Waals surface area (Å²) in [5, 5.41) is 0. The number of aryl methyl sites for hydroxylation is 1. The molecule has 0 amide bonds. The van der Waals surface area contributed by atoms with Crippen LogP contribution in [0.5, 0.6) is 0 Å². The van der Waals surface area contributed by atoms with Crippen LogP contribution in [-0.4, -0.2) is 9.55 Å². The van der Waals surface area contributed by atoms with Gasteiger partial charge in [-0.25, -0.2) is 9.18 Å². The number of benzene rings is 2. The Balaban J connectivity index is 2.19. The summed E-state index contributed by atoms with van der Waals surface area (Å²) in [7, 11) is 0. The van der Waals surface area contributed by atoms with Crippen LogP contribution in [0.4, 0.5) is 4.39 Å². The Hall–Kier alpha value is -2.36. The van der Waals surface area contributed by atoms with Crippen LogP contribution in [0.25, 0.3) is 11.0 Å². The lowest BCUT2D eigenvalue weighted by molar-refractivity contribution is 0.626. The molecule has 3 nitrogen and oxygen atoms in total. The van der Waals surface area contributed by atoms with Gasteiger partial charge in [-0.15, -0.1) is 0 Å². The van der Waals surface area contributed by atoms with E-state index < -0.39 is 0 Å². The topological polar surface area (TPSA) is 37.8 Å². The molecular formula is C15H13FN2O. The average Bonchev–Trinajstić information content (AvgIpc) is 2.70. The van der Waals surface area contributed by atoms with Crippen molar-refractivity contribution in [3.8, 4) is 0 Å². The molecule has 0 aliphatic heterocycles. The third-order valence-electron chi connectivity index (χ3n) is 3.33. The van der Waals surface area contributed by atoms with Crippen molar-refractivity contribution in [2.75, 3.05) is 0 Å². The minimum atomic E-state index is -0.385. The Labute approximate surface area is 109 Å². The van der Waals surface area contributed by atoms with Gasteiger partial charge in [-0.2, -0.15) is 0 Å². The van der Waals surface area contributed by atoms with Gasteiger partial charge in [0.2, 0.25) is 0 Å². The number of hydrogen-bond donors (Lipinski definition) is 1. The number of rotatable bonds is 2. The molecule has 1 N–H and O–H groups in total. The highest BCUT2D eigenvalue weighted by atomic mass is 19.1. The normalized spacial score (nSPS) is 11.1. The van der Waals surface area contributed by atoms with Crippen molar-refractivity contribution in [2.45, 2.75) is 13.5 Å². The molecule has 1 heterocycles. The van der Waals surface area contributed by atoms with Crippen molar-refractivity contribution in [1.82, 2.24) is 9.55 Å². The van der Waals surface area contributed by atoms with Crippen LogP contribution in [0.15, 0.2) is 47.3 Å². The molecule has 0 fully saturated rings. The van der Waals surface area contributed by atoms with Crippen LogP contribution in [0, 0.1) is 12.7 Å². The molecular weight excluding hydrogens is 243 g/mol. The highest BCUT2D eigenvalue weighted by molar-refractivity contribution is 5.75. The molecule has 0 saturated carbocycles. The summed E-state index contributed by atoms with van der Waals surface area (Å²) in [6, 6.07) is 12.4. The Bertz CT molecular complexity index is 801. The van der Waals surface area contributed by atoms with Gasteiger partial charge in [0.1, 0.15) is 11.3 Å². The molecule has 0 bridgehead atoms. The number of nitrogens with zero attached hydrogens (tertiary/aromatic N) is 1. The molecule has 0 unspecified atom stereocenters. The SMILES string of the molecule is Cc1ccccc1Cn1c(=O)[nH]c2cccc(F)c21. The van der Waals surface area contributed by atoms with Crippen LogP contribution in [0.3, 0.4) is 0 Å². The maximum Gasteiger partial charge on any atom is 0.326 e. The van der Waals surface area contributed by atoms with E-state index in [1.54, 1.807) is 12.1 Å². The first kappa shape index (κ1) is 11.7. The molecule has 0 aliphatic rings. The summed E-state index contributed by atoms with van der Waals surface area (Å²) < 4.78 is 15.3. The van der Waals surface area contributed by atoms with Gasteiger partial charge in [0, 0.05) is 0 Å². The first-order chi connectivity index (χ1) is 9.16. The molecule has 19 heavy (non-hydrogen) atoms. The molecule has 4 heteroatoms. The van der Waals surface area contributed by atoms with Gasteiger partial charge in [0.25, 0.3) is 0 Å². The van der Waals surface area contributed by atoms with Gasteiger partial charge in [0.15, 0.2) is 0 Å². The molecule has 0 radical (unpaired) electrons. The van der Waals surface area contributed by atoms with E-state index in [1.165, 1.54) is 10.6 Å². The van der Waals surface area contributed by atoms with Gasteiger partial charge in [-0.1, -0.05) is 30.3 Å². The number of H-pyrrole nitrogens is 1. The van der Waals surface area contributed by atoms with Crippen LogP contribution in [0.1, 0.15) is 11.1 Å². The highest BCUT2D eigenvalue weighted by Gasteiger charge is 2.11. The smallest absolute Gasteiger partial charge is 0.305 e. The third-order valence-corrected chi connectivity index (χ3v) is 3.33. The second kappa shape index (κ2) is 4.39. The number of aromatic nitrogens is 2. The summed E-state index contributed by atoms with van der Waals surface area (Å²) in [5.41, 5.74) is 2.66. The van der Waals surface area contributed by atoms with E-state index in [1.807, 2.05) is 31.2 Å². The summed E-state index contributed by atoms with van der Waals surface area (Å²) in [6.45, 7) is 2.35. The summed E-state index contributed by atoms with van der Waals surface area (Å²) in [6.07, 6.45) is 0. The molecule has 0 spiro atoms. The Morgan fingerprint density at radius 2 is 1.95 bits per heavy atom. The monoisotopic (exact) mass is 256 g/mol. The summed E-state index contributed by atoms with van der Waals surface area (Å²) in [4.78, 5) is 14.6. The number of hydrogen-bond acceptors (Lipinski definition) is 1. The largest absolute Gasteiger partial charge is 0.326 e. The van der Waals surface area contributed by atoms with Crippen molar-refractivity contribution >= 4 is 11.0 Å². The van der Waals surface area contributed by atoms with E-state index in [2.05, 4.69) is 4.98 Å². The zero-order valence-electron chi connectivity index (χ0n) is 10.5. The predicted octanol–water partition coefficient (Wildman–Crippen LogP) is 2.83. The van der Waals surface area contributed by atoms with Crippen molar-refractivity contribution in [1.29, 1.82) is 0 Å². The summed E-state index contributed by atoms with van der Waals surface area (Å²) >= 11 is 0. The molecule has 3 aromatic rings. The third kappa shape index (κ3) is 1.95. The first-order valence-electron chi connectivity index (χ1n) is 6.08. The lowest BCUT2D eigenvalue weighted by Crippen LogP contribution is -2.18. The van der Waals surface area contributed by atoms with Crippen molar-refractivity contribution in [3.05, 3.63) is 69.9 Å². The fraction of sp³-hybridized carbons (Fsp3) is 0.133. The standard InChI is InChI=1S/C15H13FN2O/c1-10-5-2-3-6-11(10)9-18-14-12(16)7-4-8-13(14)17-15(18)19/h2-8H,9H2,1H3,(H,17,19). The number of para-hydroxylation sites is 1. The average molecular weight is 256 g/mol. The molecule has 0 atom stereocenters. The van der Waals surface area contributed by atoms with E-state index in [0.29, 0.717) is 17.6 Å². The zero-order chi connectivity index (χ0) is 13.4. The van der Waals surface area contributed by atoms with Crippen LogP contribution >= 0.6 is 0 Å². The van der Waals surface area contributed by atoms with Crippen molar-refractivity contribution in [3.63, 3.8) is 0 Å². The molecule has 96 valence electrons. The van der Waals surface area contributed by atoms with E-state index in [0.717, 1.165) is 11.1 Å². The quantitative estimate of drug-likeness (QED) is 0.752. The second-order valence-corrected chi connectivity index (χ2v) is 4.58. The highest BCUT2D eigenvalue weighted by Crippen LogP contribution is 2.16. The Kier molecular flexibility index (Phi) is 2.71. The number of halogens is 1. The van der Waals surface area contributed by atoms with E-state index in [9.17, 15) is 9.18 Å². The maximum absolute atomic E-state index is 13.9. The summed E-state index contributed by atoms with van der Waals surface area (Å²) in [5.74, 6) is -0.385. The predicted molar refractivity (Wildman–Crippen MR) is 72.8 cm³/mol. The molecule has 3 rings (SSSR count). The van der Waals surface area contributed by atoms with Gasteiger partial charge in [0.05, 0.1) is 12.1 Å². The molecule has 0 saturated heterocycles. The molecule has 1 aromatic heterocycles. The number of imidazole rings is 1. The Morgan fingerprint density at radius 1 is 1.16 bits per heavy atom. The zero-order valence-corrected chi connectivity index (χ0v) is 10.5. The molecule has 0 aliphatic carbocycles. The van der Waals surface area contributed by atoms with Crippen molar-refractivity contribution < 1.29 is 4.39 Å². The van der Waals surface area contributed by atoms with Gasteiger partial charge >= 0.3 is 5.69 Å². The second-order valence-electron chi connectivity index (χ2n) is 4.58. The van der Waals surface area contributed by atoms with Crippen molar-refractivity contribution in [2.24, 2.45) is 0 Å². The van der Waals surface area contributed by atoms with E-state index in [4.69, 9.17) is 0 Å². The fourth-order valence-corrected chi connectivity index (χ4v) is 2.28. The fourth-order valence-electron chi connectivity index (χ4n) is 2.28. The van der Waals surface area contributed by atoms with Crippen LogP contribution < -0.4 is 5.69 Å². The van der Waals surface area contributed by atoms with E-state index >= 15 is 0 Å². The van der Waals surface area contributed by atoms with Crippen LogP contribution in [0.2, 0.25) is 0 Å². The number of nitrogens with one attached hydrogen (secondary N) is 1. The number of aromatic amines is 1. The lowest BCUT2D eigenvalue weighted by Gasteiger charge is -2.07. The van der Waals surface area contributed by atoms with Gasteiger partial charge in [-0.05, 0) is 30.2 Å². The van der Waals surface area contributed by atoms with Gasteiger partial charge in [-0.3, -0.25) is 4.57 Å². The minimum Gasteiger partial charge on any atom is -0.305 e. The van der Waals surface area contributed by atoms with Gasteiger partial charge < -0.3 is 4.98 Å². The first-order valence-corrected chi connectivity index (χ1v) is 6.08. The minimum absolute atomic E-state index is 0.289. The van der Waals surface area contributed by atoms with Crippen LogP contribution in [-0.2, 0) is 6.54 Å². The molecule has 2 aromatic carbocycles. The lowest BCUT2D eigenvalue weighted by atomic mass is 10.1.